The van der Waals surface area contributed by atoms with Gasteiger partial charge in [-0.15, -0.1) is 0 Å². The highest BCUT2D eigenvalue weighted by Crippen LogP contribution is 2.39. The molecule has 0 aliphatic carbocycles. The van der Waals surface area contributed by atoms with E-state index in [1.807, 2.05) is 30.3 Å². The van der Waals surface area contributed by atoms with Crippen molar-refractivity contribution in [3.05, 3.63) is 89.9 Å². The number of anilines is 1. The Hall–Kier alpha value is -3.87. The van der Waals surface area contributed by atoms with Gasteiger partial charge in [-0.1, -0.05) is 42.5 Å². The van der Waals surface area contributed by atoms with Gasteiger partial charge in [0.1, 0.15) is 0 Å². The average Bonchev–Trinajstić information content (AvgIpc) is 3.33. The number of hydrogen-bond acceptors (Lipinski definition) is 5. The number of carbonyl (C=O) groups excluding carboxylic acids is 2. The third-order valence-electron chi connectivity index (χ3n) is 4.71. The van der Waals surface area contributed by atoms with Crippen LogP contribution < -0.4 is 11.1 Å². The zero-order valence-corrected chi connectivity index (χ0v) is 15.1. The maximum atomic E-state index is 13.2. The molecule has 0 radical (unpaired) electrons. The molecule has 0 fully saturated rings. The van der Waals surface area contributed by atoms with Crippen molar-refractivity contribution in [2.24, 2.45) is 10.7 Å². The van der Waals surface area contributed by atoms with Crippen LogP contribution in [0.1, 0.15) is 21.7 Å². The topological polar surface area (TPSA) is 101 Å². The number of rotatable bonds is 4. The van der Waals surface area contributed by atoms with Crippen molar-refractivity contribution in [2.45, 2.75) is 5.54 Å². The molecule has 1 aromatic heterocycles. The standard InChI is InChI=1S/C21H18N4O3/c1-25-19(27)21(24-20(25)22,14-7-3-2-4-8-14)15-9-5-10-16(13-15)23-18(26)17-11-6-12-28-17/h2-13H,1H3,(H2,22,24)(H,23,26)/t21-/m1/s1. The predicted molar refractivity (Wildman–Crippen MR) is 105 cm³/mol. The molecule has 28 heavy (non-hydrogen) atoms. The van der Waals surface area contributed by atoms with Crippen molar-refractivity contribution in [3.8, 4) is 0 Å². The van der Waals surface area contributed by atoms with Crippen LogP contribution in [0.15, 0.2) is 82.4 Å². The van der Waals surface area contributed by atoms with Gasteiger partial charge in [-0.2, -0.15) is 0 Å². The van der Waals surface area contributed by atoms with Gasteiger partial charge in [0.2, 0.25) is 0 Å². The first-order valence-corrected chi connectivity index (χ1v) is 8.67. The zero-order valence-electron chi connectivity index (χ0n) is 15.1. The smallest absolute Gasteiger partial charge is 0.291 e. The summed E-state index contributed by atoms with van der Waals surface area (Å²) < 4.78 is 5.12. The third kappa shape index (κ3) is 2.73. The predicted octanol–water partition coefficient (Wildman–Crippen LogP) is 2.56. The molecule has 0 spiro atoms. The number of nitrogens with zero attached hydrogens (tertiary/aromatic N) is 2. The number of amides is 2. The fourth-order valence-electron chi connectivity index (χ4n) is 3.29. The van der Waals surface area contributed by atoms with Crippen LogP contribution in [-0.2, 0) is 10.3 Å². The molecule has 3 N–H and O–H groups in total. The first-order chi connectivity index (χ1) is 13.5. The van der Waals surface area contributed by atoms with Gasteiger partial charge in [-0.3, -0.25) is 14.5 Å². The number of benzene rings is 2. The summed E-state index contributed by atoms with van der Waals surface area (Å²) in [5, 5.41) is 2.78. The highest BCUT2D eigenvalue weighted by molar-refractivity contribution is 6.09. The molecular formula is C21H18N4O3. The Morgan fingerprint density at radius 2 is 1.82 bits per heavy atom. The van der Waals surface area contributed by atoms with Crippen molar-refractivity contribution >= 4 is 23.5 Å². The summed E-state index contributed by atoms with van der Waals surface area (Å²) in [5.41, 5.74) is 6.49. The Labute approximate surface area is 161 Å². The van der Waals surface area contributed by atoms with Gasteiger partial charge in [0.15, 0.2) is 17.3 Å². The van der Waals surface area contributed by atoms with Crippen molar-refractivity contribution in [2.75, 3.05) is 12.4 Å². The number of nitrogens with two attached hydrogens (primary N) is 1. The Kier molecular flexibility index (Phi) is 4.19. The largest absolute Gasteiger partial charge is 0.459 e. The van der Waals surface area contributed by atoms with E-state index in [0.29, 0.717) is 16.8 Å². The van der Waals surface area contributed by atoms with E-state index in [-0.39, 0.29) is 23.5 Å². The third-order valence-corrected chi connectivity index (χ3v) is 4.71. The summed E-state index contributed by atoms with van der Waals surface area (Å²) in [5.74, 6) is -0.305. The number of likely N-dealkylation sites (N-methyl/N-ethyl adjacent to an activating group) is 1. The summed E-state index contributed by atoms with van der Waals surface area (Å²) in [4.78, 5) is 31.4. The van der Waals surface area contributed by atoms with Crippen molar-refractivity contribution in [1.82, 2.24) is 4.90 Å². The lowest BCUT2D eigenvalue weighted by Crippen LogP contribution is -2.41. The fraction of sp³-hybridized carbons (Fsp3) is 0.0952. The van der Waals surface area contributed by atoms with Crippen LogP contribution in [0.4, 0.5) is 5.69 Å². The van der Waals surface area contributed by atoms with Gasteiger partial charge < -0.3 is 15.5 Å². The minimum absolute atomic E-state index is 0.138. The summed E-state index contributed by atoms with van der Waals surface area (Å²) >= 11 is 0. The Balaban J connectivity index is 1.79. The van der Waals surface area contributed by atoms with Gasteiger partial charge in [-0.25, -0.2) is 4.99 Å². The number of nitrogens with one attached hydrogen (secondary N) is 1. The average molecular weight is 374 g/mol. The molecule has 0 unspecified atom stereocenters. The van der Waals surface area contributed by atoms with Crippen LogP contribution in [0.5, 0.6) is 0 Å². The fourth-order valence-corrected chi connectivity index (χ4v) is 3.29. The van der Waals surface area contributed by atoms with E-state index < -0.39 is 5.54 Å². The minimum Gasteiger partial charge on any atom is -0.459 e. The van der Waals surface area contributed by atoms with Crippen LogP contribution in [0.25, 0.3) is 0 Å². The number of hydrogen-bond donors (Lipinski definition) is 2. The molecule has 0 bridgehead atoms. The van der Waals surface area contributed by atoms with Crippen LogP contribution in [-0.4, -0.2) is 29.7 Å². The number of carbonyl (C=O) groups is 2. The quantitative estimate of drug-likeness (QED) is 0.733. The SMILES string of the molecule is CN1C(=O)[C@@](c2ccccc2)(c2cccc(NC(=O)c3ccco3)c2)N=C1N. The van der Waals surface area contributed by atoms with E-state index in [9.17, 15) is 9.59 Å². The van der Waals surface area contributed by atoms with E-state index in [1.54, 1.807) is 43.4 Å². The molecule has 0 saturated carbocycles. The second-order valence-electron chi connectivity index (χ2n) is 6.42. The highest BCUT2D eigenvalue weighted by atomic mass is 16.3. The molecule has 1 aliphatic rings. The van der Waals surface area contributed by atoms with E-state index in [2.05, 4.69) is 10.3 Å². The number of furan rings is 1. The number of guanidine groups is 1. The van der Waals surface area contributed by atoms with Gasteiger partial charge in [0.05, 0.1) is 6.26 Å². The summed E-state index contributed by atoms with van der Waals surface area (Å²) in [6.45, 7) is 0. The highest BCUT2D eigenvalue weighted by Gasteiger charge is 2.49. The van der Waals surface area contributed by atoms with Crippen LogP contribution in [0, 0.1) is 0 Å². The maximum absolute atomic E-state index is 13.2. The van der Waals surface area contributed by atoms with Crippen molar-refractivity contribution in [3.63, 3.8) is 0 Å². The zero-order chi connectivity index (χ0) is 19.7. The van der Waals surface area contributed by atoms with E-state index in [0.717, 1.165) is 0 Å². The van der Waals surface area contributed by atoms with Crippen LogP contribution >= 0.6 is 0 Å². The molecule has 0 saturated heterocycles. The molecule has 1 aliphatic heterocycles. The molecule has 4 rings (SSSR count). The Morgan fingerprint density at radius 3 is 2.46 bits per heavy atom. The molecule has 3 aromatic rings. The maximum Gasteiger partial charge on any atom is 0.291 e. The molecule has 140 valence electrons. The second kappa shape index (κ2) is 6.70. The van der Waals surface area contributed by atoms with Gasteiger partial charge in [-0.05, 0) is 35.4 Å². The summed E-state index contributed by atoms with van der Waals surface area (Å²) in [6.07, 6.45) is 1.43. The molecule has 7 heteroatoms. The lowest BCUT2D eigenvalue weighted by atomic mass is 9.82. The second-order valence-corrected chi connectivity index (χ2v) is 6.42. The molecule has 2 aromatic carbocycles. The van der Waals surface area contributed by atoms with Gasteiger partial charge >= 0.3 is 0 Å². The molecule has 1 atom stereocenters. The van der Waals surface area contributed by atoms with Gasteiger partial charge in [0, 0.05) is 12.7 Å². The first-order valence-electron chi connectivity index (χ1n) is 8.67. The molecule has 7 nitrogen and oxygen atoms in total. The van der Waals surface area contributed by atoms with Crippen molar-refractivity contribution < 1.29 is 14.0 Å². The number of aliphatic imine (C=N–C) groups is 1. The monoisotopic (exact) mass is 374 g/mol. The Morgan fingerprint density at radius 1 is 1.07 bits per heavy atom. The lowest BCUT2D eigenvalue weighted by Gasteiger charge is -2.26. The summed E-state index contributed by atoms with van der Waals surface area (Å²) in [6, 6.07) is 19.5. The first kappa shape index (κ1) is 17.5. The van der Waals surface area contributed by atoms with Crippen LogP contribution in [0.2, 0.25) is 0 Å². The van der Waals surface area contributed by atoms with Crippen molar-refractivity contribution in [1.29, 1.82) is 0 Å². The molecule has 2 heterocycles. The molecular weight excluding hydrogens is 356 g/mol. The normalized spacial score (nSPS) is 18.8. The summed E-state index contributed by atoms with van der Waals surface area (Å²) in [7, 11) is 1.59. The van der Waals surface area contributed by atoms with E-state index in [1.165, 1.54) is 11.2 Å². The lowest BCUT2D eigenvalue weighted by molar-refractivity contribution is -0.129. The van der Waals surface area contributed by atoms with E-state index >= 15 is 0 Å². The minimum atomic E-state index is -1.30. The molecule has 2 amide bonds. The van der Waals surface area contributed by atoms with Crippen LogP contribution in [0.3, 0.4) is 0 Å². The van der Waals surface area contributed by atoms with E-state index in [4.69, 9.17) is 10.2 Å². The van der Waals surface area contributed by atoms with Gasteiger partial charge in [0.25, 0.3) is 11.8 Å². The Bertz CT molecular complexity index is 1060.